The highest BCUT2D eigenvalue weighted by molar-refractivity contribution is 6.94. The molecule has 3 nitrogen and oxygen atoms in total. The summed E-state index contributed by atoms with van der Waals surface area (Å²) in [5.74, 6) is 0. The molecule has 0 bridgehead atoms. The van der Waals surface area contributed by atoms with E-state index in [1.54, 1.807) is 0 Å². The molecule has 2 aliphatic heterocycles. The number of fused-ring (bicyclic) bond motifs is 19. The van der Waals surface area contributed by atoms with Crippen LogP contribution in [0.3, 0.4) is 0 Å². The van der Waals surface area contributed by atoms with Gasteiger partial charge in [0.25, 0.3) is 0 Å². The molecule has 10 aromatic rings. The van der Waals surface area contributed by atoms with E-state index in [4.69, 9.17) is 4.42 Å². The molecule has 0 saturated heterocycles. The second-order valence-electron chi connectivity index (χ2n) is 22.9. The molecule has 66 heavy (non-hydrogen) atoms. The molecule has 2 aromatic heterocycles. The first kappa shape index (κ1) is 38.5. The lowest BCUT2D eigenvalue weighted by atomic mass is 9.43. The van der Waals surface area contributed by atoms with Crippen molar-refractivity contribution < 1.29 is 4.42 Å². The Morgan fingerprint density at radius 1 is 0.500 bits per heavy atom. The largest absolute Gasteiger partial charge is 0.456 e. The van der Waals surface area contributed by atoms with Gasteiger partial charge in [0.1, 0.15) is 11.2 Å². The van der Waals surface area contributed by atoms with Crippen LogP contribution in [-0.2, 0) is 21.7 Å². The average molecular weight is 853 g/mol. The van der Waals surface area contributed by atoms with E-state index in [2.05, 4.69) is 218 Å². The third-order valence-electron chi connectivity index (χ3n) is 16.4. The molecular weight excluding hydrogens is 800 g/mol. The van der Waals surface area contributed by atoms with E-state index in [1.807, 2.05) is 0 Å². The van der Waals surface area contributed by atoms with E-state index >= 15 is 0 Å². The maximum Gasteiger partial charge on any atom is 0.333 e. The summed E-state index contributed by atoms with van der Waals surface area (Å²) in [5.41, 5.74) is 26.7. The Hall–Kier alpha value is -6.78. The van der Waals surface area contributed by atoms with Crippen LogP contribution in [0, 0.1) is 0 Å². The SMILES string of the molecule is CC(C)(C)c1ccc(N2B3c4cc5c(cc4-n4c6ccc(C(C)(C)C)cc6c6c7c(c(c3c64)-c3cc4c(cc32)-c2ccccc2C4(C)C)-c2ccccc2C7(C)C)oc2ccccc25)cc1. The van der Waals surface area contributed by atoms with Crippen LogP contribution < -0.4 is 15.7 Å². The Balaban J connectivity index is 1.24. The molecule has 4 heteroatoms. The molecule has 4 heterocycles. The third kappa shape index (κ3) is 4.65. The van der Waals surface area contributed by atoms with Crippen molar-refractivity contribution in [2.75, 3.05) is 4.81 Å². The summed E-state index contributed by atoms with van der Waals surface area (Å²) in [4.78, 5) is 2.73. The van der Waals surface area contributed by atoms with E-state index in [0.717, 1.165) is 21.9 Å². The number of para-hydroxylation sites is 1. The Bertz CT molecular complexity index is 3840. The molecule has 0 unspecified atom stereocenters. The number of benzene rings is 8. The number of nitrogens with zero attached hydrogens (tertiary/aromatic N) is 2. The summed E-state index contributed by atoms with van der Waals surface area (Å²) in [6, 6.07) is 53.9. The van der Waals surface area contributed by atoms with Crippen molar-refractivity contribution in [1.82, 2.24) is 4.57 Å². The molecule has 0 spiro atoms. The summed E-state index contributed by atoms with van der Waals surface area (Å²) in [7, 11) is 0. The van der Waals surface area contributed by atoms with Crippen LogP contribution in [0.25, 0.3) is 82.8 Å². The second kappa shape index (κ2) is 12.2. The second-order valence-corrected chi connectivity index (χ2v) is 22.9. The summed E-state index contributed by atoms with van der Waals surface area (Å²) in [6.07, 6.45) is 0. The third-order valence-corrected chi connectivity index (χ3v) is 16.4. The van der Waals surface area contributed by atoms with Crippen molar-refractivity contribution in [1.29, 1.82) is 0 Å². The van der Waals surface area contributed by atoms with Gasteiger partial charge >= 0.3 is 6.85 Å². The zero-order chi connectivity index (χ0) is 45.1. The first-order valence-electron chi connectivity index (χ1n) is 24.0. The molecule has 4 aliphatic rings. The maximum absolute atomic E-state index is 6.80. The Kier molecular flexibility index (Phi) is 7.09. The Morgan fingerprint density at radius 3 is 1.91 bits per heavy atom. The zero-order valence-electron chi connectivity index (χ0n) is 39.7. The van der Waals surface area contributed by atoms with Gasteiger partial charge in [-0.25, -0.2) is 0 Å². The standard InChI is InChI=1S/C62H53BN2O/c1-59(2,3)34-23-26-36(27-24-34)65-49-32-40-37-17-11-14-20-44(37)61(7,8)46(40)30-43(49)54-53-39-19-12-15-21-45(39)62(9,10)56(53)55-42-29-35(60(4,5)6)25-28-48(42)64-50-33-52-41(38-18-13-16-22-51(38)66-52)31-47(50)63(65)57(54)58(55)64/h11-33H,1-10H3. The molecular formula is C62H53BN2O. The minimum atomic E-state index is -0.261. The maximum atomic E-state index is 6.80. The fourth-order valence-electron chi connectivity index (χ4n) is 13.1. The summed E-state index contributed by atoms with van der Waals surface area (Å²) >= 11 is 0. The summed E-state index contributed by atoms with van der Waals surface area (Å²) in [5, 5.41) is 5.01. The number of anilines is 2. The number of rotatable bonds is 1. The van der Waals surface area contributed by atoms with Crippen LogP contribution in [0.2, 0.25) is 0 Å². The van der Waals surface area contributed by atoms with Crippen LogP contribution in [0.5, 0.6) is 0 Å². The minimum Gasteiger partial charge on any atom is -0.456 e. The average Bonchev–Trinajstić information content (AvgIpc) is 3.97. The molecule has 0 saturated carbocycles. The highest BCUT2D eigenvalue weighted by Gasteiger charge is 2.51. The molecule has 14 rings (SSSR count). The normalized spacial score (nSPS) is 15.9. The first-order chi connectivity index (χ1) is 31.5. The predicted molar refractivity (Wildman–Crippen MR) is 280 cm³/mol. The Labute approximate surface area is 387 Å². The van der Waals surface area contributed by atoms with Gasteiger partial charge in [-0.15, -0.1) is 0 Å². The van der Waals surface area contributed by atoms with Gasteiger partial charge < -0.3 is 13.8 Å². The van der Waals surface area contributed by atoms with Gasteiger partial charge in [0, 0.05) is 61.1 Å². The van der Waals surface area contributed by atoms with Crippen LogP contribution in [0.4, 0.5) is 11.4 Å². The number of aromatic nitrogens is 1. The fraction of sp³-hybridized carbons (Fsp3) is 0.226. The topological polar surface area (TPSA) is 21.3 Å². The minimum absolute atomic E-state index is 0.0200. The van der Waals surface area contributed by atoms with Crippen LogP contribution in [0.15, 0.2) is 144 Å². The summed E-state index contributed by atoms with van der Waals surface area (Å²) < 4.78 is 9.45. The van der Waals surface area contributed by atoms with Crippen molar-refractivity contribution in [3.63, 3.8) is 0 Å². The number of hydrogen-bond donors (Lipinski definition) is 0. The van der Waals surface area contributed by atoms with Crippen LogP contribution in [-0.4, -0.2) is 11.4 Å². The lowest BCUT2D eigenvalue weighted by Crippen LogP contribution is -2.60. The van der Waals surface area contributed by atoms with Crippen molar-refractivity contribution in [2.24, 2.45) is 0 Å². The van der Waals surface area contributed by atoms with E-state index < -0.39 is 0 Å². The van der Waals surface area contributed by atoms with Gasteiger partial charge in [-0.1, -0.05) is 160 Å². The lowest BCUT2D eigenvalue weighted by molar-refractivity contribution is 0.590. The van der Waals surface area contributed by atoms with Crippen LogP contribution in [0.1, 0.15) is 103 Å². The van der Waals surface area contributed by atoms with Crippen molar-refractivity contribution >= 4 is 72.9 Å². The number of hydrogen-bond acceptors (Lipinski definition) is 2. The van der Waals surface area contributed by atoms with Gasteiger partial charge in [-0.2, -0.15) is 0 Å². The first-order valence-corrected chi connectivity index (χ1v) is 24.0. The van der Waals surface area contributed by atoms with Crippen molar-refractivity contribution in [3.05, 3.63) is 173 Å². The lowest BCUT2D eigenvalue weighted by Gasteiger charge is -2.43. The van der Waals surface area contributed by atoms with E-state index in [0.29, 0.717) is 0 Å². The van der Waals surface area contributed by atoms with Crippen molar-refractivity contribution in [3.8, 4) is 39.1 Å². The molecule has 320 valence electrons. The zero-order valence-corrected chi connectivity index (χ0v) is 39.7. The fourth-order valence-corrected chi connectivity index (χ4v) is 13.1. The van der Waals surface area contributed by atoms with E-state index in [-0.39, 0.29) is 28.5 Å². The highest BCUT2D eigenvalue weighted by atomic mass is 16.3. The molecule has 0 radical (unpaired) electrons. The molecule has 0 fully saturated rings. The van der Waals surface area contributed by atoms with E-state index in [9.17, 15) is 0 Å². The molecule has 0 atom stereocenters. The van der Waals surface area contributed by atoms with Crippen LogP contribution >= 0.6 is 0 Å². The molecule has 8 aromatic carbocycles. The van der Waals surface area contributed by atoms with E-state index in [1.165, 1.54) is 117 Å². The molecule has 0 N–H and O–H groups in total. The van der Waals surface area contributed by atoms with Gasteiger partial charge in [0.05, 0.1) is 11.0 Å². The molecule has 2 aliphatic carbocycles. The monoisotopic (exact) mass is 852 g/mol. The Morgan fingerprint density at radius 2 is 1.17 bits per heavy atom. The summed E-state index contributed by atoms with van der Waals surface area (Å²) in [6.45, 7) is 23.6. The van der Waals surface area contributed by atoms with Gasteiger partial charge in [0.15, 0.2) is 0 Å². The van der Waals surface area contributed by atoms with Gasteiger partial charge in [0.2, 0.25) is 0 Å². The smallest absolute Gasteiger partial charge is 0.333 e. The molecule has 0 amide bonds. The number of furan rings is 1. The predicted octanol–water partition coefficient (Wildman–Crippen LogP) is 15.1. The quantitative estimate of drug-likeness (QED) is 0.153. The van der Waals surface area contributed by atoms with Crippen molar-refractivity contribution in [2.45, 2.75) is 90.9 Å². The highest BCUT2D eigenvalue weighted by Crippen LogP contribution is 2.61. The van der Waals surface area contributed by atoms with Gasteiger partial charge in [-0.3, -0.25) is 0 Å². The van der Waals surface area contributed by atoms with Gasteiger partial charge in [-0.05, 0) is 125 Å².